The van der Waals surface area contributed by atoms with E-state index in [2.05, 4.69) is 0 Å². The van der Waals surface area contributed by atoms with Crippen LogP contribution in [0.2, 0.25) is 0 Å². The van der Waals surface area contributed by atoms with Crippen LogP contribution >= 0.6 is 0 Å². The minimum absolute atomic E-state index is 0.0370. The monoisotopic (exact) mass is 122 g/mol. The largest absolute Gasteiger partial charge is 0.377 e. The lowest BCUT2D eigenvalue weighted by Gasteiger charge is -2.30. The van der Waals surface area contributed by atoms with Gasteiger partial charge in [0.15, 0.2) is 11.4 Å². The highest BCUT2D eigenvalue weighted by Gasteiger charge is 2.47. The van der Waals surface area contributed by atoms with Gasteiger partial charge in [-0.15, -0.1) is 0 Å². The number of rotatable bonds is 0. The maximum absolute atomic E-state index is 10.8. The van der Waals surface area contributed by atoms with Gasteiger partial charge in [-0.05, 0) is 12.2 Å². The first-order chi connectivity index (χ1) is 4.23. The summed E-state index contributed by atoms with van der Waals surface area (Å²) in [6.07, 6.45) is 6.52. The molecule has 0 spiro atoms. The van der Waals surface area contributed by atoms with Crippen molar-refractivity contribution in [2.75, 3.05) is 0 Å². The second-order valence-electron chi connectivity index (χ2n) is 2.43. The molecule has 0 aromatic rings. The van der Waals surface area contributed by atoms with Crippen molar-refractivity contribution in [1.82, 2.24) is 0 Å². The Morgan fingerprint density at radius 3 is 2.56 bits per heavy atom. The van der Waals surface area contributed by atoms with Crippen LogP contribution in [-0.4, -0.2) is 16.5 Å². The quantitative estimate of drug-likeness (QED) is 0.461. The van der Waals surface area contributed by atoms with Crippen LogP contribution in [0.5, 0.6) is 0 Å². The number of fused-ring (bicyclic) bond motifs is 1. The molecule has 0 saturated heterocycles. The minimum atomic E-state index is -1.14. The van der Waals surface area contributed by atoms with Crippen molar-refractivity contribution in [1.29, 1.82) is 0 Å². The normalized spacial score (nSPS) is 45.0. The SMILES string of the molecule is O=C1C=CC2C=CC12O. The first kappa shape index (κ1) is 4.94. The molecule has 0 aromatic heterocycles. The molecule has 0 heterocycles. The molecule has 2 aliphatic carbocycles. The molecular weight excluding hydrogens is 116 g/mol. The van der Waals surface area contributed by atoms with Crippen LogP contribution < -0.4 is 0 Å². The summed E-state index contributed by atoms with van der Waals surface area (Å²) < 4.78 is 0. The predicted octanol–water partition coefficient (Wildman–Crippen LogP) is 0.0424. The van der Waals surface area contributed by atoms with E-state index in [0.29, 0.717) is 0 Å². The Morgan fingerprint density at radius 2 is 2.33 bits per heavy atom. The van der Waals surface area contributed by atoms with Crippen molar-refractivity contribution in [3.05, 3.63) is 24.3 Å². The standard InChI is InChI=1S/C7H6O2/c8-6-2-1-5-3-4-7(5,6)9/h1-5,9H. The molecule has 0 amide bonds. The average molecular weight is 122 g/mol. The van der Waals surface area contributed by atoms with Crippen LogP contribution in [0.25, 0.3) is 0 Å². The average Bonchev–Trinajstić information content (AvgIpc) is 1.96. The first-order valence-electron chi connectivity index (χ1n) is 2.88. The fourth-order valence-electron chi connectivity index (χ4n) is 1.17. The maximum Gasteiger partial charge on any atom is 0.191 e. The predicted molar refractivity (Wildman–Crippen MR) is 31.7 cm³/mol. The van der Waals surface area contributed by atoms with Gasteiger partial charge < -0.3 is 5.11 Å². The number of ketones is 1. The van der Waals surface area contributed by atoms with Crippen LogP contribution in [0.3, 0.4) is 0 Å². The van der Waals surface area contributed by atoms with Crippen molar-refractivity contribution >= 4 is 5.78 Å². The molecule has 0 saturated carbocycles. The van der Waals surface area contributed by atoms with Gasteiger partial charge in [0.2, 0.25) is 0 Å². The highest BCUT2D eigenvalue weighted by molar-refractivity contribution is 6.03. The van der Waals surface area contributed by atoms with Crippen LogP contribution in [0, 0.1) is 5.92 Å². The maximum atomic E-state index is 10.8. The molecule has 2 heteroatoms. The van der Waals surface area contributed by atoms with Crippen molar-refractivity contribution in [3.8, 4) is 0 Å². The van der Waals surface area contributed by atoms with E-state index in [4.69, 9.17) is 0 Å². The number of hydrogen-bond donors (Lipinski definition) is 1. The summed E-state index contributed by atoms with van der Waals surface area (Å²) in [5.74, 6) is -0.222. The van der Waals surface area contributed by atoms with Gasteiger partial charge in [-0.25, -0.2) is 0 Å². The molecule has 0 aliphatic heterocycles. The summed E-state index contributed by atoms with van der Waals surface area (Å²) in [4.78, 5) is 10.8. The molecule has 2 unspecified atom stereocenters. The molecular formula is C7H6O2. The smallest absolute Gasteiger partial charge is 0.191 e. The molecule has 2 atom stereocenters. The van der Waals surface area contributed by atoms with Crippen molar-refractivity contribution < 1.29 is 9.90 Å². The minimum Gasteiger partial charge on any atom is -0.377 e. The fourth-order valence-corrected chi connectivity index (χ4v) is 1.17. The first-order valence-corrected chi connectivity index (χ1v) is 2.88. The van der Waals surface area contributed by atoms with Gasteiger partial charge in [-0.1, -0.05) is 12.2 Å². The lowest BCUT2D eigenvalue weighted by molar-refractivity contribution is -0.129. The molecule has 0 bridgehead atoms. The lowest BCUT2D eigenvalue weighted by atomic mass is 9.80. The third kappa shape index (κ3) is 0.380. The Morgan fingerprint density at radius 1 is 1.56 bits per heavy atom. The molecule has 1 N–H and O–H groups in total. The van der Waals surface area contributed by atoms with Crippen LogP contribution in [0.1, 0.15) is 0 Å². The van der Waals surface area contributed by atoms with E-state index < -0.39 is 5.60 Å². The van der Waals surface area contributed by atoms with Gasteiger partial charge in [-0.3, -0.25) is 4.79 Å². The summed E-state index contributed by atoms with van der Waals surface area (Å²) in [7, 11) is 0. The van der Waals surface area contributed by atoms with E-state index >= 15 is 0 Å². The Bertz CT molecular complexity index is 227. The number of aliphatic hydroxyl groups is 1. The topological polar surface area (TPSA) is 37.3 Å². The third-order valence-corrected chi connectivity index (χ3v) is 1.92. The Balaban J connectivity index is 2.48. The van der Waals surface area contributed by atoms with E-state index in [9.17, 15) is 9.90 Å². The van der Waals surface area contributed by atoms with Crippen molar-refractivity contribution in [3.63, 3.8) is 0 Å². The van der Waals surface area contributed by atoms with Crippen LogP contribution in [0.15, 0.2) is 24.3 Å². The molecule has 46 valence electrons. The molecule has 2 nitrogen and oxygen atoms in total. The van der Waals surface area contributed by atoms with Gasteiger partial charge in [0, 0.05) is 5.92 Å². The summed E-state index contributed by atoms with van der Waals surface area (Å²) in [6.45, 7) is 0. The van der Waals surface area contributed by atoms with Gasteiger partial charge in [0.25, 0.3) is 0 Å². The molecule has 2 rings (SSSR count). The summed E-state index contributed by atoms with van der Waals surface area (Å²) in [5.41, 5.74) is -1.14. The van der Waals surface area contributed by atoms with Gasteiger partial charge in [0.1, 0.15) is 0 Å². The Labute approximate surface area is 52.5 Å². The second-order valence-corrected chi connectivity index (χ2v) is 2.43. The molecule has 0 aromatic carbocycles. The zero-order chi connectivity index (χ0) is 6.48. The molecule has 0 fully saturated rings. The number of carbonyl (C=O) groups excluding carboxylic acids is 1. The zero-order valence-corrected chi connectivity index (χ0v) is 4.74. The molecule has 2 aliphatic rings. The zero-order valence-electron chi connectivity index (χ0n) is 4.74. The van der Waals surface area contributed by atoms with Crippen molar-refractivity contribution in [2.24, 2.45) is 5.92 Å². The third-order valence-electron chi connectivity index (χ3n) is 1.92. The molecule has 0 radical (unpaired) electrons. The van der Waals surface area contributed by atoms with Crippen LogP contribution in [0.4, 0.5) is 0 Å². The summed E-state index contributed by atoms with van der Waals surface area (Å²) >= 11 is 0. The van der Waals surface area contributed by atoms with E-state index in [1.165, 1.54) is 6.08 Å². The van der Waals surface area contributed by atoms with Crippen molar-refractivity contribution in [2.45, 2.75) is 5.60 Å². The fraction of sp³-hybridized carbons (Fsp3) is 0.286. The Kier molecular flexibility index (Phi) is 0.638. The summed E-state index contributed by atoms with van der Waals surface area (Å²) in [5, 5.41) is 9.32. The Hall–Kier alpha value is -0.890. The molecule has 9 heavy (non-hydrogen) atoms. The van der Waals surface area contributed by atoms with Gasteiger partial charge in [0.05, 0.1) is 0 Å². The van der Waals surface area contributed by atoms with E-state index in [-0.39, 0.29) is 11.7 Å². The summed E-state index contributed by atoms with van der Waals surface area (Å²) in [6, 6.07) is 0. The van der Waals surface area contributed by atoms with E-state index in [0.717, 1.165) is 0 Å². The number of carbonyl (C=O) groups is 1. The number of hydrogen-bond acceptors (Lipinski definition) is 2. The highest BCUT2D eigenvalue weighted by Crippen LogP contribution is 2.36. The van der Waals surface area contributed by atoms with Gasteiger partial charge >= 0.3 is 0 Å². The highest BCUT2D eigenvalue weighted by atomic mass is 16.3. The lowest BCUT2D eigenvalue weighted by Crippen LogP contribution is -2.43. The van der Waals surface area contributed by atoms with Gasteiger partial charge in [-0.2, -0.15) is 0 Å². The van der Waals surface area contributed by atoms with Crippen LogP contribution in [-0.2, 0) is 4.79 Å². The van der Waals surface area contributed by atoms with E-state index in [1.54, 1.807) is 12.2 Å². The second kappa shape index (κ2) is 1.16. The van der Waals surface area contributed by atoms with E-state index in [1.807, 2.05) is 6.08 Å².